The summed E-state index contributed by atoms with van der Waals surface area (Å²) in [7, 11) is 0. The van der Waals surface area contributed by atoms with E-state index in [2.05, 4.69) is 12.2 Å². The second kappa shape index (κ2) is 25.3. The fourth-order valence-corrected chi connectivity index (χ4v) is 4.12. The lowest BCUT2D eigenvalue weighted by Crippen LogP contribution is -2.29. The molecule has 0 bridgehead atoms. The standard InChI is InChI=1S/C26H54N2O/c1-2-3-4-5-6-7-8-9-10-11-12-13-14-15-16-17-18-19-20-21-22-23-24-25-28-26(27)29/h2-25H2,1H3,(H3,27,28,29). The molecular weight excluding hydrogens is 356 g/mol. The van der Waals surface area contributed by atoms with Gasteiger partial charge in [-0.3, -0.25) is 0 Å². The Bertz CT molecular complexity index is 320. The molecule has 0 atom stereocenters. The topological polar surface area (TPSA) is 55.1 Å². The van der Waals surface area contributed by atoms with Crippen LogP contribution >= 0.6 is 0 Å². The van der Waals surface area contributed by atoms with Crippen molar-refractivity contribution in [2.24, 2.45) is 5.73 Å². The van der Waals surface area contributed by atoms with Crippen LogP contribution in [0.25, 0.3) is 0 Å². The van der Waals surface area contributed by atoms with E-state index in [-0.39, 0.29) is 0 Å². The van der Waals surface area contributed by atoms with E-state index in [4.69, 9.17) is 5.73 Å². The third kappa shape index (κ3) is 27.3. The van der Waals surface area contributed by atoms with Gasteiger partial charge in [-0.25, -0.2) is 4.79 Å². The van der Waals surface area contributed by atoms with E-state index in [0.29, 0.717) is 0 Å². The minimum Gasteiger partial charge on any atom is -0.352 e. The molecular formula is C26H54N2O. The van der Waals surface area contributed by atoms with Crippen molar-refractivity contribution in [2.75, 3.05) is 6.54 Å². The lowest BCUT2D eigenvalue weighted by atomic mass is 10.0. The van der Waals surface area contributed by atoms with Crippen LogP contribution in [-0.4, -0.2) is 12.6 Å². The van der Waals surface area contributed by atoms with E-state index in [1.54, 1.807) is 0 Å². The number of carbonyl (C=O) groups is 1. The highest BCUT2D eigenvalue weighted by atomic mass is 16.2. The largest absolute Gasteiger partial charge is 0.352 e. The zero-order valence-corrected chi connectivity index (χ0v) is 20.0. The minimum atomic E-state index is -0.399. The number of carbonyl (C=O) groups excluding carboxylic acids is 1. The number of rotatable bonds is 24. The molecule has 3 nitrogen and oxygen atoms in total. The van der Waals surface area contributed by atoms with Gasteiger partial charge in [-0.15, -0.1) is 0 Å². The van der Waals surface area contributed by atoms with Gasteiger partial charge in [-0.2, -0.15) is 0 Å². The van der Waals surface area contributed by atoms with Crippen LogP contribution in [0.4, 0.5) is 4.79 Å². The van der Waals surface area contributed by atoms with Gasteiger partial charge in [0.1, 0.15) is 0 Å². The third-order valence-electron chi connectivity index (χ3n) is 6.08. The van der Waals surface area contributed by atoms with Crippen LogP contribution in [0, 0.1) is 0 Å². The maximum absolute atomic E-state index is 10.5. The van der Waals surface area contributed by atoms with Gasteiger partial charge < -0.3 is 11.1 Å². The zero-order chi connectivity index (χ0) is 21.3. The Morgan fingerprint density at radius 3 is 0.966 bits per heavy atom. The normalized spacial score (nSPS) is 11.1. The average Bonchev–Trinajstić information content (AvgIpc) is 2.71. The Kier molecular flexibility index (Phi) is 24.7. The van der Waals surface area contributed by atoms with Crippen molar-refractivity contribution in [2.45, 2.75) is 155 Å². The molecule has 3 N–H and O–H groups in total. The summed E-state index contributed by atoms with van der Waals surface area (Å²) in [6, 6.07) is -0.399. The highest BCUT2D eigenvalue weighted by Crippen LogP contribution is 2.15. The zero-order valence-electron chi connectivity index (χ0n) is 20.0. The van der Waals surface area contributed by atoms with E-state index in [1.165, 1.54) is 141 Å². The van der Waals surface area contributed by atoms with Crippen LogP contribution < -0.4 is 11.1 Å². The highest BCUT2D eigenvalue weighted by Gasteiger charge is 1.96. The lowest BCUT2D eigenvalue weighted by molar-refractivity contribution is 0.248. The summed E-state index contributed by atoms with van der Waals surface area (Å²) >= 11 is 0. The summed E-state index contributed by atoms with van der Waals surface area (Å²) in [6.45, 7) is 3.02. The smallest absolute Gasteiger partial charge is 0.312 e. The molecule has 0 saturated heterocycles. The average molecular weight is 411 g/mol. The van der Waals surface area contributed by atoms with E-state index in [0.717, 1.165) is 13.0 Å². The summed E-state index contributed by atoms with van der Waals surface area (Å²) in [5, 5.41) is 2.65. The van der Waals surface area contributed by atoms with Crippen molar-refractivity contribution in [3.05, 3.63) is 0 Å². The molecule has 0 saturated carbocycles. The molecule has 0 unspecified atom stereocenters. The van der Waals surface area contributed by atoms with Gasteiger partial charge in [0, 0.05) is 6.54 Å². The van der Waals surface area contributed by atoms with Gasteiger partial charge in [0.2, 0.25) is 0 Å². The number of hydrogen-bond donors (Lipinski definition) is 2. The number of hydrogen-bond acceptors (Lipinski definition) is 1. The first-order valence-corrected chi connectivity index (χ1v) is 13.3. The number of nitrogens with two attached hydrogens (primary N) is 1. The molecule has 0 fully saturated rings. The predicted molar refractivity (Wildman–Crippen MR) is 129 cm³/mol. The number of urea groups is 1. The van der Waals surface area contributed by atoms with Crippen LogP contribution in [0.5, 0.6) is 0 Å². The van der Waals surface area contributed by atoms with Crippen molar-refractivity contribution in [1.82, 2.24) is 5.32 Å². The van der Waals surface area contributed by atoms with Gasteiger partial charge in [0.05, 0.1) is 0 Å². The van der Waals surface area contributed by atoms with E-state index < -0.39 is 6.03 Å². The van der Waals surface area contributed by atoms with E-state index >= 15 is 0 Å². The number of nitrogens with one attached hydrogen (secondary N) is 1. The van der Waals surface area contributed by atoms with Crippen molar-refractivity contribution in [1.29, 1.82) is 0 Å². The van der Waals surface area contributed by atoms with Crippen LogP contribution in [0.1, 0.15) is 155 Å². The number of amides is 2. The molecule has 0 aliphatic heterocycles. The van der Waals surface area contributed by atoms with Gasteiger partial charge in [0.15, 0.2) is 0 Å². The summed E-state index contributed by atoms with van der Waals surface area (Å²) in [4.78, 5) is 10.5. The summed E-state index contributed by atoms with van der Waals surface area (Å²) in [6.07, 6.45) is 32.3. The summed E-state index contributed by atoms with van der Waals surface area (Å²) in [5.74, 6) is 0. The van der Waals surface area contributed by atoms with Crippen LogP contribution in [-0.2, 0) is 0 Å². The molecule has 29 heavy (non-hydrogen) atoms. The molecule has 0 aliphatic rings. The van der Waals surface area contributed by atoms with Crippen molar-refractivity contribution in [3.8, 4) is 0 Å². The van der Waals surface area contributed by atoms with Crippen molar-refractivity contribution >= 4 is 6.03 Å². The van der Waals surface area contributed by atoms with E-state index in [1.807, 2.05) is 0 Å². The third-order valence-corrected chi connectivity index (χ3v) is 6.08. The Morgan fingerprint density at radius 2 is 0.724 bits per heavy atom. The Balaban J connectivity index is 2.99. The molecule has 0 aromatic carbocycles. The monoisotopic (exact) mass is 410 g/mol. The van der Waals surface area contributed by atoms with Crippen molar-refractivity contribution in [3.63, 3.8) is 0 Å². The van der Waals surface area contributed by atoms with Gasteiger partial charge in [-0.05, 0) is 6.42 Å². The molecule has 0 rings (SSSR count). The van der Waals surface area contributed by atoms with Crippen LogP contribution in [0.2, 0.25) is 0 Å². The van der Waals surface area contributed by atoms with E-state index in [9.17, 15) is 4.79 Å². The fourth-order valence-electron chi connectivity index (χ4n) is 4.12. The quantitative estimate of drug-likeness (QED) is 0.154. The summed E-state index contributed by atoms with van der Waals surface area (Å²) < 4.78 is 0. The van der Waals surface area contributed by atoms with Crippen molar-refractivity contribution < 1.29 is 4.79 Å². The molecule has 0 aromatic rings. The van der Waals surface area contributed by atoms with Crippen LogP contribution in [0.3, 0.4) is 0 Å². The Labute approximate surface area is 183 Å². The molecule has 2 amide bonds. The first-order valence-electron chi connectivity index (χ1n) is 13.3. The first kappa shape index (κ1) is 28.3. The Morgan fingerprint density at radius 1 is 0.483 bits per heavy atom. The molecule has 3 heteroatoms. The van der Waals surface area contributed by atoms with Gasteiger partial charge >= 0.3 is 6.03 Å². The van der Waals surface area contributed by atoms with Gasteiger partial charge in [0.25, 0.3) is 0 Å². The second-order valence-electron chi connectivity index (χ2n) is 9.07. The molecule has 0 heterocycles. The SMILES string of the molecule is CCCCCCCCCCCCCCCCCCCCCCCCCNC(N)=O. The molecule has 0 radical (unpaired) electrons. The predicted octanol–water partition coefficient (Wildman–Crippen LogP) is 8.65. The maximum atomic E-state index is 10.5. The molecule has 174 valence electrons. The maximum Gasteiger partial charge on any atom is 0.312 e. The number of primary amides is 1. The number of unbranched alkanes of at least 4 members (excludes halogenated alkanes) is 22. The fraction of sp³-hybridized carbons (Fsp3) is 0.962. The highest BCUT2D eigenvalue weighted by molar-refractivity contribution is 5.71. The Hall–Kier alpha value is -0.730. The summed E-state index contributed by atoms with van der Waals surface area (Å²) in [5.41, 5.74) is 5.04. The molecule has 0 aromatic heterocycles. The minimum absolute atomic E-state index is 0.399. The molecule has 0 spiro atoms. The lowest BCUT2D eigenvalue weighted by Gasteiger charge is -2.04. The first-order chi connectivity index (χ1) is 14.3. The second-order valence-corrected chi connectivity index (χ2v) is 9.07. The van der Waals surface area contributed by atoms with Crippen LogP contribution in [0.15, 0.2) is 0 Å². The van der Waals surface area contributed by atoms with Gasteiger partial charge in [-0.1, -0.05) is 148 Å². The molecule has 0 aliphatic carbocycles.